The van der Waals surface area contributed by atoms with E-state index in [1.807, 2.05) is 0 Å². The summed E-state index contributed by atoms with van der Waals surface area (Å²) in [7, 11) is 1.59. The van der Waals surface area contributed by atoms with Crippen LogP contribution in [-0.2, 0) is 11.2 Å². The summed E-state index contributed by atoms with van der Waals surface area (Å²) in [6, 6.07) is 6.70. The highest BCUT2D eigenvalue weighted by molar-refractivity contribution is 5.34. The van der Waals surface area contributed by atoms with Gasteiger partial charge in [0.2, 0.25) is 0 Å². The van der Waals surface area contributed by atoms with Crippen LogP contribution in [0, 0.1) is 17.1 Å². The van der Waals surface area contributed by atoms with E-state index in [1.54, 1.807) is 13.2 Å². The summed E-state index contributed by atoms with van der Waals surface area (Å²) < 4.78 is 24.2. The molecule has 0 saturated carbocycles. The van der Waals surface area contributed by atoms with E-state index in [4.69, 9.17) is 14.7 Å². The topological polar surface area (TPSA) is 42.2 Å². The highest BCUT2D eigenvalue weighted by Gasteiger charge is 2.24. The zero-order chi connectivity index (χ0) is 13.7. The Morgan fingerprint density at radius 2 is 2.21 bits per heavy atom. The lowest BCUT2D eigenvalue weighted by Crippen LogP contribution is -2.11. The normalized spacial score (nSPS) is 22.2. The standard InChI is InChI=1S/C15H18FNO2/c1-18-15-7-3-12(16)10-11(15)2-4-13-5-6-14(19-13)8-9-17/h3,7,10,13-14H,2,4-6,8H2,1H3/t13-,14+/m0/s1. The number of rotatable bonds is 5. The second-order valence-corrected chi connectivity index (χ2v) is 4.81. The number of nitriles is 1. The lowest BCUT2D eigenvalue weighted by atomic mass is 10.0. The van der Waals surface area contributed by atoms with Crippen LogP contribution in [0.5, 0.6) is 5.75 Å². The lowest BCUT2D eigenvalue weighted by Gasteiger charge is -2.13. The van der Waals surface area contributed by atoms with E-state index >= 15 is 0 Å². The number of nitrogens with zero attached hydrogens (tertiary/aromatic N) is 1. The Hall–Kier alpha value is -1.60. The van der Waals surface area contributed by atoms with Gasteiger partial charge in [0.1, 0.15) is 11.6 Å². The lowest BCUT2D eigenvalue weighted by molar-refractivity contribution is 0.0435. The molecule has 1 aromatic carbocycles. The maximum absolute atomic E-state index is 13.2. The van der Waals surface area contributed by atoms with Gasteiger partial charge in [0.25, 0.3) is 0 Å². The van der Waals surface area contributed by atoms with Crippen molar-refractivity contribution >= 4 is 0 Å². The van der Waals surface area contributed by atoms with Gasteiger partial charge in [0.05, 0.1) is 31.8 Å². The van der Waals surface area contributed by atoms with Crippen LogP contribution in [0.3, 0.4) is 0 Å². The van der Waals surface area contributed by atoms with E-state index in [2.05, 4.69) is 6.07 Å². The molecule has 0 unspecified atom stereocenters. The minimum Gasteiger partial charge on any atom is -0.496 e. The fraction of sp³-hybridized carbons (Fsp3) is 0.533. The zero-order valence-electron chi connectivity index (χ0n) is 11.1. The van der Waals surface area contributed by atoms with Crippen molar-refractivity contribution < 1.29 is 13.9 Å². The summed E-state index contributed by atoms with van der Waals surface area (Å²) in [4.78, 5) is 0. The van der Waals surface area contributed by atoms with Crippen molar-refractivity contribution in [2.45, 2.75) is 44.3 Å². The van der Waals surface area contributed by atoms with E-state index in [0.717, 1.165) is 31.2 Å². The highest BCUT2D eigenvalue weighted by Crippen LogP contribution is 2.27. The molecule has 0 radical (unpaired) electrons. The van der Waals surface area contributed by atoms with Crippen molar-refractivity contribution in [3.63, 3.8) is 0 Å². The molecule has 0 spiro atoms. The number of hydrogen-bond donors (Lipinski definition) is 0. The van der Waals surface area contributed by atoms with Crippen molar-refractivity contribution in [1.29, 1.82) is 5.26 Å². The van der Waals surface area contributed by atoms with Gasteiger partial charge in [-0.05, 0) is 49.4 Å². The second-order valence-electron chi connectivity index (χ2n) is 4.81. The maximum Gasteiger partial charge on any atom is 0.123 e. The third kappa shape index (κ3) is 3.68. The van der Waals surface area contributed by atoms with Crippen LogP contribution < -0.4 is 4.74 Å². The molecule has 0 amide bonds. The molecule has 1 fully saturated rings. The summed E-state index contributed by atoms with van der Waals surface area (Å²) in [5.74, 6) is 0.471. The van der Waals surface area contributed by atoms with Crippen LogP contribution in [0.2, 0.25) is 0 Å². The molecule has 0 aromatic heterocycles. The average Bonchev–Trinajstić information content (AvgIpc) is 2.85. The highest BCUT2D eigenvalue weighted by atomic mass is 19.1. The van der Waals surface area contributed by atoms with Gasteiger partial charge in [0.15, 0.2) is 0 Å². The third-order valence-corrected chi connectivity index (χ3v) is 3.49. The zero-order valence-corrected chi connectivity index (χ0v) is 11.1. The van der Waals surface area contributed by atoms with E-state index in [0.29, 0.717) is 12.2 Å². The first-order chi connectivity index (χ1) is 9.22. The molecule has 3 nitrogen and oxygen atoms in total. The monoisotopic (exact) mass is 263 g/mol. The number of halogens is 1. The minimum absolute atomic E-state index is 0.0735. The third-order valence-electron chi connectivity index (χ3n) is 3.49. The summed E-state index contributed by atoms with van der Waals surface area (Å²) in [6.45, 7) is 0. The number of benzene rings is 1. The Morgan fingerprint density at radius 1 is 1.42 bits per heavy atom. The first-order valence-corrected chi connectivity index (χ1v) is 6.57. The van der Waals surface area contributed by atoms with E-state index < -0.39 is 0 Å². The van der Waals surface area contributed by atoms with Gasteiger partial charge in [-0.25, -0.2) is 4.39 Å². The molecule has 19 heavy (non-hydrogen) atoms. The van der Waals surface area contributed by atoms with Crippen LogP contribution in [-0.4, -0.2) is 19.3 Å². The first kappa shape index (κ1) is 13.8. The minimum atomic E-state index is -0.245. The number of ether oxygens (including phenoxy) is 2. The van der Waals surface area contributed by atoms with Gasteiger partial charge in [-0.3, -0.25) is 0 Å². The first-order valence-electron chi connectivity index (χ1n) is 6.57. The van der Waals surface area contributed by atoms with E-state index in [9.17, 15) is 4.39 Å². The van der Waals surface area contributed by atoms with Gasteiger partial charge >= 0.3 is 0 Å². The van der Waals surface area contributed by atoms with Crippen LogP contribution in [0.15, 0.2) is 18.2 Å². The fourth-order valence-electron chi connectivity index (χ4n) is 2.50. The van der Waals surface area contributed by atoms with Crippen LogP contribution in [0.4, 0.5) is 4.39 Å². The summed E-state index contributed by atoms with van der Waals surface area (Å²) >= 11 is 0. The van der Waals surface area contributed by atoms with Gasteiger partial charge in [0, 0.05) is 0 Å². The van der Waals surface area contributed by atoms with Gasteiger partial charge in [-0.15, -0.1) is 0 Å². The van der Waals surface area contributed by atoms with Crippen molar-refractivity contribution in [2.24, 2.45) is 0 Å². The summed E-state index contributed by atoms with van der Waals surface area (Å²) in [5, 5.41) is 8.63. The molecule has 0 aliphatic carbocycles. The summed E-state index contributed by atoms with van der Waals surface area (Å²) in [6.07, 6.45) is 4.19. The molecular weight excluding hydrogens is 245 g/mol. The number of hydrogen-bond acceptors (Lipinski definition) is 3. The second kappa shape index (κ2) is 6.53. The van der Waals surface area contributed by atoms with Crippen molar-refractivity contribution in [3.8, 4) is 11.8 Å². The molecule has 2 rings (SSSR count). The molecule has 1 aromatic rings. The fourth-order valence-corrected chi connectivity index (χ4v) is 2.50. The molecule has 1 saturated heterocycles. The van der Waals surface area contributed by atoms with Crippen molar-refractivity contribution in [3.05, 3.63) is 29.6 Å². The average molecular weight is 263 g/mol. The Balaban J connectivity index is 1.89. The van der Waals surface area contributed by atoms with Crippen LogP contribution >= 0.6 is 0 Å². The number of aryl methyl sites for hydroxylation is 1. The van der Waals surface area contributed by atoms with Crippen LogP contribution in [0.1, 0.15) is 31.2 Å². The number of methoxy groups -OCH3 is 1. The quantitative estimate of drug-likeness (QED) is 0.819. The molecule has 2 atom stereocenters. The Labute approximate surface area is 112 Å². The molecular formula is C15H18FNO2. The Bertz CT molecular complexity index is 470. The molecule has 102 valence electrons. The van der Waals surface area contributed by atoms with Gasteiger partial charge in [-0.1, -0.05) is 0 Å². The summed E-state index contributed by atoms with van der Waals surface area (Å²) in [5.41, 5.74) is 0.870. The van der Waals surface area contributed by atoms with E-state index in [-0.39, 0.29) is 18.0 Å². The predicted octanol–water partition coefficient (Wildman–Crippen LogP) is 3.23. The van der Waals surface area contributed by atoms with Gasteiger partial charge < -0.3 is 9.47 Å². The molecule has 1 aliphatic heterocycles. The molecule has 1 heterocycles. The Morgan fingerprint density at radius 3 is 2.95 bits per heavy atom. The molecule has 0 bridgehead atoms. The largest absolute Gasteiger partial charge is 0.496 e. The van der Waals surface area contributed by atoms with Crippen molar-refractivity contribution in [1.82, 2.24) is 0 Å². The van der Waals surface area contributed by atoms with Gasteiger partial charge in [-0.2, -0.15) is 5.26 Å². The molecule has 1 aliphatic rings. The predicted molar refractivity (Wildman–Crippen MR) is 69.4 cm³/mol. The van der Waals surface area contributed by atoms with Crippen molar-refractivity contribution in [2.75, 3.05) is 7.11 Å². The molecule has 0 N–H and O–H groups in total. The maximum atomic E-state index is 13.2. The SMILES string of the molecule is COc1ccc(F)cc1CC[C@H]1CC[C@H](CC#N)O1. The van der Waals surface area contributed by atoms with Crippen LogP contribution in [0.25, 0.3) is 0 Å². The smallest absolute Gasteiger partial charge is 0.123 e. The Kier molecular flexibility index (Phi) is 4.75. The molecule has 4 heteroatoms. The van der Waals surface area contributed by atoms with E-state index in [1.165, 1.54) is 12.1 Å².